The van der Waals surface area contributed by atoms with Crippen LogP contribution in [0.25, 0.3) is 0 Å². The van der Waals surface area contributed by atoms with Gasteiger partial charge in [0.1, 0.15) is 5.84 Å². The summed E-state index contributed by atoms with van der Waals surface area (Å²) in [7, 11) is 0. The van der Waals surface area contributed by atoms with Crippen LogP contribution in [-0.4, -0.2) is 5.84 Å². The van der Waals surface area contributed by atoms with Crippen LogP contribution in [0.2, 0.25) is 0 Å². The lowest BCUT2D eigenvalue weighted by Crippen LogP contribution is -2.35. The summed E-state index contributed by atoms with van der Waals surface area (Å²) in [6.07, 6.45) is 7.69. The fourth-order valence-corrected chi connectivity index (χ4v) is 2.44. The number of hydrogen-bond acceptors (Lipinski definition) is 2. The maximum atomic E-state index is 5.62. The molecule has 0 unspecified atom stereocenters. The molecule has 1 aromatic carbocycles. The normalized spacial score (nSPS) is 18.8. The number of benzene rings is 1. The first kappa shape index (κ1) is 12.1. The maximum absolute atomic E-state index is 5.62. The van der Waals surface area contributed by atoms with Crippen molar-refractivity contribution in [3.63, 3.8) is 0 Å². The van der Waals surface area contributed by atoms with Gasteiger partial charge in [0, 0.05) is 5.92 Å². The molecular formula is C14H21N3. The number of para-hydroxylation sites is 1. The molecule has 17 heavy (non-hydrogen) atoms. The van der Waals surface area contributed by atoms with E-state index in [1.54, 1.807) is 0 Å². The molecule has 3 N–H and O–H groups in total. The molecule has 1 aliphatic rings. The van der Waals surface area contributed by atoms with Crippen LogP contribution in [0.3, 0.4) is 0 Å². The molecule has 0 saturated heterocycles. The van der Waals surface area contributed by atoms with E-state index in [2.05, 4.69) is 10.4 Å². The summed E-state index contributed by atoms with van der Waals surface area (Å²) < 4.78 is 0. The minimum Gasteiger partial charge on any atom is -0.312 e. The summed E-state index contributed by atoms with van der Waals surface area (Å²) >= 11 is 0. The molecule has 0 spiro atoms. The lowest BCUT2D eigenvalue weighted by Gasteiger charge is -2.16. The van der Waals surface area contributed by atoms with E-state index in [0.717, 1.165) is 11.5 Å². The standard InChI is InChI=1S/C14H21N3/c15-17-14(12-8-4-1-2-5-9-12)16-13-10-6-3-7-11-13/h3,6-7,10-12H,1-2,4-5,8-9,15H2,(H,16,17). The predicted octanol–water partition coefficient (Wildman–Crippen LogP) is 3.15. The first-order chi connectivity index (χ1) is 8.40. The lowest BCUT2D eigenvalue weighted by molar-refractivity contribution is 0.574. The fourth-order valence-electron chi connectivity index (χ4n) is 2.44. The van der Waals surface area contributed by atoms with Crippen molar-refractivity contribution in [2.24, 2.45) is 16.8 Å². The van der Waals surface area contributed by atoms with Gasteiger partial charge in [-0.3, -0.25) is 0 Å². The van der Waals surface area contributed by atoms with Gasteiger partial charge >= 0.3 is 0 Å². The largest absolute Gasteiger partial charge is 0.312 e. The van der Waals surface area contributed by atoms with Gasteiger partial charge in [-0.25, -0.2) is 10.8 Å². The molecule has 0 radical (unpaired) electrons. The fraction of sp³-hybridized carbons (Fsp3) is 0.500. The highest BCUT2D eigenvalue weighted by molar-refractivity contribution is 5.86. The number of rotatable bonds is 2. The molecule has 1 aliphatic carbocycles. The highest BCUT2D eigenvalue weighted by Crippen LogP contribution is 2.24. The second kappa shape index (κ2) is 6.40. The number of nitrogens with one attached hydrogen (secondary N) is 1. The number of aliphatic imine (C=N–C) groups is 1. The molecule has 1 fully saturated rings. The first-order valence-electron chi connectivity index (χ1n) is 6.50. The molecule has 0 bridgehead atoms. The Bertz CT molecular complexity index is 351. The van der Waals surface area contributed by atoms with Crippen LogP contribution in [0.15, 0.2) is 35.3 Å². The van der Waals surface area contributed by atoms with Gasteiger partial charge in [-0.15, -0.1) is 0 Å². The van der Waals surface area contributed by atoms with Crippen molar-refractivity contribution in [3.05, 3.63) is 30.3 Å². The molecule has 1 saturated carbocycles. The van der Waals surface area contributed by atoms with Crippen molar-refractivity contribution in [1.82, 2.24) is 5.43 Å². The Morgan fingerprint density at radius 3 is 2.29 bits per heavy atom. The zero-order chi connectivity index (χ0) is 11.9. The minimum atomic E-state index is 0.503. The van der Waals surface area contributed by atoms with Crippen LogP contribution in [0.4, 0.5) is 5.69 Å². The van der Waals surface area contributed by atoms with E-state index >= 15 is 0 Å². The highest BCUT2D eigenvalue weighted by Gasteiger charge is 2.17. The van der Waals surface area contributed by atoms with Crippen molar-refractivity contribution in [2.45, 2.75) is 38.5 Å². The van der Waals surface area contributed by atoms with E-state index in [4.69, 9.17) is 5.84 Å². The monoisotopic (exact) mass is 231 g/mol. The molecule has 0 atom stereocenters. The molecule has 3 heteroatoms. The van der Waals surface area contributed by atoms with Gasteiger partial charge in [0.2, 0.25) is 0 Å². The molecule has 0 heterocycles. The van der Waals surface area contributed by atoms with Crippen molar-refractivity contribution in [2.75, 3.05) is 0 Å². The molecule has 0 amide bonds. The second-order valence-electron chi connectivity index (χ2n) is 4.67. The first-order valence-corrected chi connectivity index (χ1v) is 6.50. The van der Waals surface area contributed by atoms with Crippen molar-refractivity contribution < 1.29 is 0 Å². The summed E-state index contributed by atoms with van der Waals surface area (Å²) in [6.45, 7) is 0. The molecule has 3 nitrogen and oxygen atoms in total. The van der Waals surface area contributed by atoms with Gasteiger partial charge in [0.15, 0.2) is 0 Å². The average Bonchev–Trinajstić information content (AvgIpc) is 2.66. The smallest absolute Gasteiger partial charge is 0.119 e. The molecule has 2 rings (SSSR count). The SMILES string of the molecule is NNC(=Nc1ccccc1)C1CCCCCC1. The molecule has 0 aliphatic heterocycles. The average molecular weight is 231 g/mol. The molecular weight excluding hydrogens is 210 g/mol. The van der Waals surface area contributed by atoms with Gasteiger partial charge in [0.25, 0.3) is 0 Å². The number of nitrogens with two attached hydrogens (primary N) is 1. The van der Waals surface area contributed by atoms with Crippen LogP contribution >= 0.6 is 0 Å². The van der Waals surface area contributed by atoms with E-state index in [1.165, 1.54) is 38.5 Å². The van der Waals surface area contributed by atoms with E-state index in [9.17, 15) is 0 Å². The minimum absolute atomic E-state index is 0.503. The van der Waals surface area contributed by atoms with Gasteiger partial charge < -0.3 is 5.43 Å². The molecule has 92 valence electrons. The number of nitrogens with zero attached hydrogens (tertiary/aromatic N) is 1. The molecule has 1 aromatic rings. The van der Waals surface area contributed by atoms with Gasteiger partial charge in [0.05, 0.1) is 5.69 Å². The second-order valence-corrected chi connectivity index (χ2v) is 4.67. The van der Waals surface area contributed by atoms with E-state index < -0.39 is 0 Å². The zero-order valence-electron chi connectivity index (χ0n) is 10.2. The number of hydrazine groups is 1. The summed E-state index contributed by atoms with van der Waals surface area (Å²) in [5.41, 5.74) is 3.77. The summed E-state index contributed by atoms with van der Waals surface area (Å²) in [4.78, 5) is 4.62. The quantitative estimate of drug-likeness (QED) is 0.270. The van der Waals surface area contributed by atoms with Crippen LogP contribution < -0.4 is 11.3 Å². The van der Waals surface area contributed by atoms with Gasteiger partial charge in [-0.05, 0) is 25.0 Å². The summed E-state index contributed by atoms with van der Waals surface area (Å²) in [5, 5.41) is 0. The molecule has 0 aromatic heterocycles. The Morgan fingerprint density at radius 2 is 1.71 bits per heavy atom. The maximum Gasteiger partial charge on any atom is 0.119 e. The lowest BCUT2D eigenvalue weighted by atomic mass is 9.99. The zero-order valence-corrected chi connectivity index (χ0v) is 10.2. The topological polar surface area (TPSA) is 50.4 Å². The Balaban J connectivity index is 2.11. The summed E-state index contributed by atoms with van der Waals surface area (Å²) in [5.74, 6) is 7.07. The van der Waals surface area contributed by atoms with Gasteiger partial charge in [-0.2, -0.15) is 0 Å². The van der Waals surface area contributed by atoms with Crippen molar-refractivity contribution >= 4 is 11.5 Å². The van der Waals surface area contributed by atoms with Crippen LogP contribution in [0.1, 0.15) is 38.5 Å². The Morgan fingerprint density at radius 1 is 1.06 bits per heavy atom. The third kappa shape index (κ3) is 3.56. The Kier molecular flexibility index (Phi) is 4.56. The van der Waals surface area contributed by atoms with Gasteiger partial charge in [-0.1, -0.05) is 43.9 Å². The summed E-state index contributed by atoms with van der Waals surface area (Å²) in [6, 6.07) is 10.0. The predicted molar refractivity (Wildman–Crippen MR) is 72.1 cm³/mol. The highest BCUT2D eigenvalue weighted by atomic mass is 15.3. The number of amidine groups is 1. The van der Waals surface area contributed by atoms with Crippen LogP contribution in [0, 0.1) is 5.92 Å². The van der Waals surface area contributed by atoms with E-state index in [0.29, 0.717) is 5.92 Å². The third-order valence-electron chi connectivity index (χ3n) is 3.40. The van der Waals surface area contributed by atoms with E-state index in [1.807, 2.05) is 30.3 Å². The van der Waals surface area contributed by atoms with Crippen LogP contribution in [-0.2, 0) is 0 Å². The van der Waals surface area contributed by atoms with Crippen molar-refractivity contribution in [1.29, 1.82) is 0 Å². The Hall–Kier alpha value is -1.35. The third-order valence-corrected chi connectivity index (χ3v) is 3.40. The number of hydrogen-bond donors (Lipinski definition) is 2. The van der Waals surface area contributed by atoms with E-state index in [-0.39, 0.29) is 0 Å². The van der Waals surface area contributed by atoms with Crippen LogP contribution in [0.5, 0.6) is 0 Å². The Labute approximate surface area is 103 Å². The van der Waals surface area contributed by atoms with Crippen molar-refractivity contribution in [3.8, 4) is 0 Å².